The third kappa shape index (κ3) is 2.06. The summed E-state index contributed by atoms with van der Waals surface area (Å²) in [4.78, 5) is 0. The first kappa shape index (κ1) is 14.3. The van der Waals surface area contributed by atoms with Crippen LogP contribution in [0.25, 0.3) is 0 Å². The molecular formula is C20H32O. The average molecular weight is 288 g/mol. The molecule has 0 unspecified atom stereocenters. The van der Waals surface area contributed by atoms with Crippen molar-refractivity contribution < 1.29 is 5.11 Å². The van der Waals surface area contributed by atoms with Crippen LogP contribution < -0.4 is 0 Å². The largest absolute Gasteiger partial charge is 0.393 e. The standard InChI is InChI=1S/C20H32O/c1-3-14-5-9-19-18-7-4-13-12-15(21)6-8-16(13)17(18)10-11-20(14,19)2/h3,13,15-19,21H,4-12H2,1-2H3/t13-,15+,16-,17+,18+,19+,20+/m0/s1. The summed E-state index contributed by atoms with van der Waals surface area (Å²) in [7, 11) is 0. The van der Waals surface area contributed by atoms with Gasteiger partial charge in [-0.1, -0.05) is 18.6 Å². The fourth-order valence-electron chi connectivity index (χ4n) is 7.15. The molecule has 1 heteroatoms. The number of rotatable bonds is 0. The molecule has 4 aliphatic carbocycles. The van der Waals surface area contributed by atoms with E-state index in [0.29, 0.717) is 5.41 Å². The lowest BCUT2D eigenvalue weighted by Crippen LogP contribution is -2.48. The molecule has 0 aromatic rings. The lowest BCUT2D eigenvalue weighted by atomic mass is 9.50. The van der Waals surface area contributed by atoms with Crippen molar-refractivity contribution in [2.45, 2.75) is 77.7 Å². The predicted molar refractivity (Wildman–Crippen MR) is 86.9 cm³/mol. The van der Waals surface area contributed by atoms with Gasteiger partial charge >= 0.3 is 0 Å². The first-order valence-corrected chi connectivity index (χ1v) is 9.47. The zero-order valence-electron chi connectivity index (χ0n) is 13.9. The molecule has 1 nitrogen and oxygen atoms in total. The number of hydrogen-bond acceptors (Lipinski definition) is 1. The van der Waals surface area contributed by atoms with Crippen molar-refractivity contribution in [3.63, 3.8) is 0 Å². The summed E-state index contributed by atoms with van der Waals surface area (Å²) in [6.45, 7) is 4.83. The highest BCUT2D eigenvalue weighted by Crippen LogP contribution is 2.63. The molecule has 0 spiro atoms. The molecule has 0 amide bonds. The molecule has 7 atom stereocenters. The minimum atomic E-state index is 0.0118. The van der Waals surface area contributed by atoms with Crippen LogP contribution in [0.1, 0.15) is 71.6 Å². The molecule has 0 radical (unpaired) electrons. The number of fused-ring (bicyclic) bond motifs is 5. The third-order valence-corrected chi connectivity index (χ3v) is 8.12. The molecule has 4 fully saturated rings. The predicted octanol–water partition coefficient (Wildman–Crippen LogP) is 4.95. The zero-order chi connectivity index (χ0) is 14.6. The summed E-state index contributed by atoms with van der Waals surface area (Å²) in [5, 5.41) is 9.99. The van der Waals surface area contributed by atoms with E-state index in [2.05, 4.69) is 19.9 Å². The fourth-order valence-corrected chi connectivity index (χ4v) is 7.15. The number of aliphatic hydroxyl groups excluding tert-OH is 1. The molecule has 0 aromatic carbocycles. The van der Waals surface area contributed by atoms with Crippen LogP contribution in [0.5, 0.6) is 0 Å². The van der Waals surface area contributed by atoms with E-state index in [1.165, 1.54) is 44.9 Å². The highest BCUT2D eigenvalue weighted by molar-refractivity contribution is 5.23. The molecule has 21 heavy (non-hydrogen) atoms. The van der Waals surface area contributed by atoms with Gasteiger partial charge in [0, 0.05) is 0 Å². The maximum Gasteiger partial charge on any atom is 0.0543 e. The Morgan fingerprint density at radius 2 is 1.81 bits per heavy atom. The summed E-state index contributed by atoms with van der Waals surface area (Å²) in [5.41, 5.74) is 2.31. The monoisotopic (exact) mass is 288 g/mol. The van der Waals surface area contributed by atoms with E-state index in [9.17, 15) is 5.11 Å². The van der Waals surface area contributed by atoms with E-state index < -0.39 is 0 Å². The van der Waals surface area contributed by atoms with Gasteiger partial charge in [0.1, 0.15) is 0 Å². The minimum Gasteiger partial charge on any atom is -0.393 e. The van der Waals surface area contributed by atoms with E-state index in [1.807, 2.05) is 0 Å². The Balaban J connectivity index is 1.58. The van der Waals surface area contributed by atoms with E-state index in [0.717, 1.165) is 42.4 Å². The summed E-state index contributed by atoms with van der Waals surface area (Å²) in [6.07, 6.45) is 14.5. The van der Waals surface area contributed by atoms with Gasteiger partial charge < -0.3 is 5.11 Å². The smallest absolute Gasteiger partial charge is 0.0543 e. The first-order valence-electron chi connectivity index (χ1n) is 9.47. The minimum absolute atomic E-state index is 0.0118. The van der Waals surface area contributed by atoms with Crippen molar-refractivity contribution in [1.82, 2.24) is 0 Å². The highest BCUT2D eigenvalue weighted by Gasteiger charge is 2.54. The molecule has 4 saturated carbocycles. The molecule has 118 valence electrons. The van der Waals surface area contributed by atoms with Crippen molar-refractivity contribution in [2.24, 2.45) is 35.0 Å². The lowest BCUT2D eigenvalue weighted by molar-refractivity contribution is -0.0610. The Morgan fingerprint density at radius 1 is 1.00 bits per heavy atom. The maximum atomic E-state index is 9.99. The Hall–Kier alpha value is -0.300. The molecule has 0 saturated heterocycles. The molecule has 1 N–H and O–H groups in total. The van der Waals surface area contributed by atoms with Gasteiger partial charge in [-0.15, -0.1) is 0 Å². The van der Waals surface area contributed by atoms with Gasteiger partial charge in [0.2, 0.25) is 0 Å². The van der Waals surface area contributed by atoms with Crippen LogP contribution in [0.3, 0.4) is 0 Å². The van der Waals surface area contributed by atoms with Crippen LogP contribution in [0, 0.1) is 35.0 Å². The molecule has 0 bridgehead atoms. The average Bonchev–Trinajstić information content (AvgIpc) is 2.83. The summed E-state index contributed by atoms with van der Waals surface area (Å²) >= 11 is 0. The second-order valence-electron chi connectivity index (χ2n) is 8.71. The van der Waals surface area contributed by atoms with Crippen molar-refractivity contribution in [2.75, 3.05) is 0 Å². The van der Waals surface area contributed by atoms with Gasteiger partial charge in [-0.2, -0.15) is 0 Å². The fraction of sp³-hybridized carbons (Fsp3) is 0.900. The second kappa shape index (κ2) is 5.11. The van der Waals surface area contributed by atoms with E-state index in [-0.39, 0.29) is 6.10 Å². The van der Waals surface area contributed by atoms with E-state index in [1.54, 1.807) is 5.57 Å². The van der Waals surface area contributed by atoms with Crippen molar-refractivity contribution in [3.8, 4) is 0 Å². The lowest BCUT2D eigenvalue weighted by Gasteiger charge is -2.55. The van der Waals surface area contributed by atoms with Crippen LogP contribution in [0.4, 0.5) is 0 Å². The summed E-state index contributed by atoms with van der Waals surface area (Å²) in [6, 6.07) is 0. The Labute approximate surface area is 130 Å². The van der Waals surface area contributed by atoms with Crippen LogP contribution in [-0.4, -0.2) is 11.2 Å². The van der Waals surface area contributed by atoms with E-state index in [4.69, 9.17) is 0 Å². The van der Waals surface area contributed by atoms with Gasteiger partial charge in [0.05, 0.1) is 6.10 Å². The maximum absolute atomic E-state index is 9.99. The Bertz CT molecular complexity index is 439. The third-order valence-electron chi connectivity index (χ3n) is 8.12. The van der Waals surface area contributed by atoms with Crippen LogP contribution in [0.15, 0.2) is 11.6 Å². The quantitative estimate of drug-likeness (QED) is 0.626. The molecule has 4 aliphatic rings. The molecular weight excluding hydrogens is 256 g/mol. The topological polar surface area (TPSA) is 20.2 Å². The van der Waals surface area contributed by atoms with Crippen molar-refractivity contribution >= 4 is 0 Å². The summed E-state index contributed by atoms with van der Waals surface area (Å²) < 4.78 is 0. The van der Waals surface area contributed by atoms with Gasteiger partial charge in [0.15, 0.2) is 0 Å². The summed E-state index contributed by atoms with van der Waals surface area (Å²) in [5.74, 6) is 4.76. The van der Waals surface area contributed by atoms with Crippen molar-refractivity contribution in [1.29, 1.82) is 0 Å². The van der Waals surface area contributed by atoms with Gasteiger partial charge in [-0.25, -0.2) is 0 Å². The molecule has 0 aliphatic heterocycles. The van der Waals surface area contributed by atoms with Crippen LogP contribution in [-0.2, 0) is 0 Å². The molecule has 4 rings (SSSR count). The second-order valence-corrected chi connectivity index (χ2v) is 8.71. The van der Waals surface area contributed by atoms with Crippen LogP contribution in [0.2, 0.25) is 0 Å². The number of hydrogen-bond donors (Lipinski definition) is 1. The first-order chi connectivity index (χ1) is 10.1. The zero-order valence-corrected chi connectivity index (χ0v) is 13.9. The van der Waals surface area contributed by atoms with E-state index >= 15 is 0 Å². The van der Waals surface area contributed by atoms with Crippen molar-refractivity contribution in [3.05, 3.63) is 11.6 Å². The number of allylic oxidation sites excluding steroid dienone is 2. The molecule has 0 aromatic heterocycles. The SMILES string of the molecule is CC=C1CC[C@@H]2[C@@H]3CC[C@H]4C[C@H](O)CC[C@@H]4[C@H]3CC[C@]12C. The van der Waals surface area contributed by atoms with Crippen LogP contribution >= 0.6 is 0 Å². The van der Waals surface area contributed by atoms with Gasteiger partial charge in [-0.05, 0) is 99.7 Å². The molecule has 0 heterocycles. The van der Waals surface area contributed by atoms with Gasteiger partial charge in [-0.3, -0.25) is 0 Å². The Morgan fingerprint density at radius 3 is 2.62 bits per heavy atom. The van der Waals surface area contributed by atoms with Gasteiger partial charge in [0.25, 0.3) is 0 Å². The highest BCUT2D eigenvalue weighted by atomic mass is 16.3. The Kier molecular flexibility index (Phi) is 3.48. The number of aliphatic hydroxyl groups is 1. The normalized spacial score (nSPS) is 54.9.